The number of aryl methyl sites for hydroxylation is 1. The van der Waals surface area contributed by atoms with Crippen LogP contribution < -0.4 is 0 Å². The first-order chi connectivity index (χ1) is 9.20. The second-order valence-electron chi connectivity index (χ2n) is 5.00. The van der Waals surface area contributed by atoms with E-state index in [1.165, 1.54) is 19.3 Å². The molecular weight excluding hydrogens is 240 g/mol. The molecule has 0 saturated carbocycles. The lowest BCUT2D eigenvalue weighted by atomic mass is 10.0. The number of para-hydroxylation sites is 1. The van der Waals surface area contributed by atoms with Gasteiger partial charge in [0.05, 0.1) is 0 Å². The smallest absolute Gasteiger partial charge is 0.303 e. The van der Waals surface area contributed by atoms with Gasteiger partial charge in [-0.3, -0.25) is 4.79 Å². The van der Waals surface area contributed by atoms with Gasteiger partial charge in [-0.05, 0) is 30.9 Å². The van der Waals surface area contributed by atoms with Crippen molar-refractivity contribution in [3.63, 3.8) is 0 Å². The summed E-state index contributed by atoms with van der Waals surface area (Å²) in [4.78, 5) is 10.3. The Bertz CT molecular complexity index is 374. The Balaban J connectivity index is 1.94. The molecule has 0 radical (unpaired) electrons. The first-order valence-electron chi connectivity index (χ1n) is 7.19. The molecule has 2 N–H and O–H groups in total. The predicted molar refractivity (Wildman–Crippen MR) is 76.4 cm³/mol. The molecule has 0 spiro atoms. The van der Waals surface area contributed by atoms with Gasteiger partial charge in [0.2, 0.25) is 0 Å². The molecule has 19 heavy (non-hydrogen) atoms. The van der Waals surface area contributed by atoms with Crippen molar-refractivity contribution in [3.8, 4) is 5.75 Å². The number of unbranched alkanes of at least 4 members (excludes halogenated alkanes) is 6. The lowest BCUT2D eigenvalue weighted by Crippen LogP contribution is -1.93. The monoisotopic (exact) mass is 264 g/mol. The minimum atomic E-state index is -0.692. The summed E-state index contributed by atoms with van der Waals surface area (Å²) in [6.07, 6.45) is 8.84. The third-order valence-corrected chi connectivity index (χ3v) is 3.33. The normalized spacial score (nSPS) is 10.5. The van der Waals surface area contributed by atoms with Gasteiger partial charge in [0.1, 0.15) is 5.75 Å². The molecule has 0 unspecified atom stereocenters. The first-order valence-corrected chi connectivity index (χ1v) is 7.19. The van der Waals surface area contributed by atoms with E-state index < -0.39 is 5.97 Å². The average Bonchev–Trinajstić information content (AvgIpc) is 2.38. The Morgan fingerprint density at radius 3 is 2.11 bits per heavy atom. The van der Waals surface area contributed by atoms with Crippen molar-refractivity contribution in [1.29, 1.82) is 0 Å². The number of phenolic OH excluding ortho intramolecular Hbond substituents is 1. The maximum atomic E-state index is 10.3. The molecule has 0 atom stereocenters. The van der Waals surface area contributed by atoms with Gasteiger partial charge in [0.25, 0.3) is 0 Å². The van der Waals surface area contributed by atoms with Crippen molar-refractivity contribution in [1.82, 2.24) is 0 Å². The van der Waals surface area contributed by atoms with Gasteiger partial charge in [-0.15, -0.1) is 0 Å². The summed E-state index contributed by atoms with van der Waals surface area (Å²) < 4.78 is 0. The molecule has 0 bridgehead atoms. The first kappa shape index (κ1) is 15.5. The van der Waals surface area contributed by atoms with Crippen LogP contribution in [0, 0.1) is 0 Å². The van der Waals surface area contributed by atoms with Crippen molar-refractivity contribution in [2.45, 2.75) is 57.8 Å². The fourth-order valence-electron chi connectivity index (χ4n) is 2.20. The van der Waals surface area contributed by atoms with E-state index in [0.717, 1.165) is 37.7 Å². The van der Waals surface area contributed by atoms with E-state index in [1.807, 2.05) is 18.2 Å². The van der Waals surface area contributed by atoms with Gasteiger partial charge in [-0.1, -0.05) is 50.3 Å². The molecule has 0 aliphatic rings. The van der Waals surface area contributed by atoms with Crippen LogP contribution in [0.1, 0.15) is 56.9 Å². The van der Waals surface area contributed by atoms with Gasteiger partial charge in [-0.25, -0.2) is 0 Å². The molecule has 1 rings (SSSR count). The Labute approximate surface area is 115 Å². The Kier molecular flexibility index (Phi) is 7.71. The van der Waals surface area contributed by atoms with E-state index in [2.05, 4.69) is 0 Å². The molecule has 3 nitrogen and oxygen atoms in total. The lowest BCUT2D eigenvalue weighted by molar-refractivity contribution is -0.137. The average molecular weight is 264 g/mol. The number of rotatable bonds is 10. The second kappa shape index (κ2) is 9.42. The van der Waals surface area contributed by atoms with E-state index in [1.54, 1.807) is 6.07 Å². The van der Waals surface area contributed by atoms with E-state index in [0.29, 0.717) is 12.2 Å². The third-order valence-electron chi connectivity index (χ3n) is 3.33. The zero-order valence-electron chi connectivity index (χ0n) is 11.5. The maximum absolute atomic E-state index is 10.3. The van der Waals surface area contributed by atoms with Crippen LogP contribution in [0.4, 0.5) is 0 Å². The zero-order chi connectivity index (χ0) is 13.9. The molecule has 106 valence electrons. The standard InChI is InChI=1S/C16H24O3/c17-15-12-9-8-11-14(15)10-6-4-2-1-3-5-7-13-16(18)19/h8-9,11-12,17H,1-7,10,13H2,(H,18,19). The number of phenols is 1. The largest absolute Gasteiger partial charge is 0.508 e. The van der Waals surface area contributed by atoms with Crippen molar-refractivity contribution in [2.24, 2.45) is 0 Å². The highest BCUT2D eigenvalue weighted by Crippen LogP contribution is 2.18. The third kappa shape index (κ3) is 7.50. The molecule has 0 amide bonds. The molecule has 0 aliphatic carbocycles. The second-order valence-corrected chi connectivity index (χ2v) is 5.00. The maximum Gasteiger partial charge on any atom is 0.303 e. The zero-order valence-corrected chi connectivity index (χ0v) is 11.5. The van der Waals surface area contributed by atoms with E-state index >= 15 is 0 Å². The quantitative estimate of drug-likeness (QED) is 0.624. The summed E-state index contributed by atoms with van der Waals surface area (Å²) in [5, 5.41) is 18.1. The van der Waals surface area contributed by atoms with Crippen LogP contribution >= 0.6 is 0 Å². The van der Waals surface area contributed by atoms with E-state index in [4.69, 9.17) is 5.11 Å². The van der Waals surface area contributed by atoms with Crippen LogP contribution in [0.15, 0.2) is 24.3 Å². The van der Waals surface area contributed by atoms with E-state index in [-0.39, 0.29) is 0 Å². The van der Waals surface area contributed by atoms with Crippen molar-refractivity contribution in [3.05, 3.63) is 29.8 Å². The molecule has 0 fully saturated rings. The number of carbonyl (C=O) groups is 1. The molecule has 0 heterocycles. The highest BCUT2D eigenvalue weighted by atomic mass is 16.4. The van der Waals surface area contributed by atoms with Crippen molar-refractivity contribution in [2.75, 3.05) is 0 Å². The number of aromatic hydroxyl groups is 1. The number of carboxylic acid groups (broad SMARTS) is 1. The number of benzene rings is 1. The SMILES string of the molecule is O=C(O)CCCCCCCCCc1ccccc1O. The summed E-state index contributed by atoms with van der Waals surface area (Å²) in [6, 6.07) is 7.51. The van der Waals surface area contributed by atoms with Gasteiger partial charge in [-0.2, -0.15) is 0 Å². The highest BCUT2D eigenvalue weighted by Gasteiger charge is 1.99. The molecule has 1 aromatic carbocycles. The topological polar surface area (TPSA) is 57.5 Å². The molecule has 0 aromatic heterocycles. The number of hydrogen-bond donors (Lipinski definition) is 2. The minimum Gasteiger partial charge on any atom is -0.508 e. The van der Waals surface area contributed by atoms with Crippen molar-refractivity contribution >= 4 is 5.97 Å². The van der Waals surface area contributed by atoms with Crippen LogP contribution in [0.3, 0.4) is 0 Å². The summed E-state index contributed by atoms with van der Waals surface area (Å²) in [5.41, 5.74) is 1.03. The van der Waals surface area contributed by atoms with E-state index in [9.17, 15) is 9.90 Å². The van der Waals surface area contributed by atoms with Gasteiger partial charge < -0.3 is 10.2 Å². The molecule has 3 heteroatoms. The van der Waals surface area contributed by atoms with Gasteiger partial charge in [0, 0.05) is 6.42 Å². The molecule has 0 aliphatic heterocycles. The number of aliphatic carboxylic acids is 1. The molecule has 0 saturated heterocycles. The predicted octanol–water partition coefficient (Wildman–Crippen LogP) is 4.14. The summed E-state index contributed by atoms with van der Waals surface area (Å²) in [7, 11) is 0. The Morgan fingerprint density at radius 1 is 0.895 bits per heavy atom. The van der Waals surface area contributed by atoms with Crippen LogP contribution in [-0.4, -0.2) is 16.2 Å². The Morgan fingerprint density at radius 2 is 1.47 bits per heavy atom. The van der Waals surface area contributed by atoms with Crippen LogP contribution in [0.25, 0.3) is 0 Å². The van der Waals surface area contributed by atoms with Crippen LogP contribution in [-0.2, 0) is 11.2 Å². The summed E-state index contributed by atoms with van der Waals surface area (Å²) in [6.45, 7) is 0. The fraction of sp³-hybridized carbons (Fsp3) is 0.562. The minimum absolute atomic E-state index is 0.299. The number of carboxylic acids is 1. The summed E-state index contributed by atoms with van der Waals surface area (Å²) >= 11 is 0. The number of hydrogen-bond acceptors (Lipinski definition) is 2. The van der Waals surface area contributed by atoms with Gasteiger partial charge >= 0.3 is 5.97 Å². The fourth-order valence-corrected chi connectivity index (χ4v) is 2.20. The Hall–Kier alpha value is -1.51. The highest BCUT2D eigenvalue weighted by molar-refractivity contribution is 5.66. The molecular formula is C16H24O3. The van der Waals surface area contributed by atoms with Gasteiger partial charge in [0.15, 0.2) is 0 Å². The van der Waals surface area contributed by atoms with Crippen LogP contribution in [0.2, 0.25) is 0 Å². The lowest BCUT2D eigenvalue weighted by Gasteiger charge is -2.04. The summed E-state index contributed by atoms with van der Waals surface area (Å²) in [5.74, 6) is -0.293. The van der Waals surface area contributed by atoms with Crippen LogP contribution in [0.5, 0.6) is 5.75 Å². The van der Waals surface area contributed by atoms with Crippen molar-refractivity contribution < 1.29 is 15.0 Å². The molecule has 1 aromatic rings.